The molecule has 2 heterocycles. The zero-order chi connectivity index (χ0) is 12.4. The van der Waals surface area contributed by atoms with E-state index < -0.39 is 0 Å². The summed E-state index contributed by atoms with van der Waals surface area (Å²) in [6, 6.07) is 0. The second kappa shape index (κ2) is 4.84. The van der Waals surface area contributed by atoms with Crippen molar-refractivity contribution in [2.45, 2.75) is 33.1 Å². The van der Waals surface area contributed by atoms with E-state index in [2.05, 4.69) is 34.6 Å². The molecule has 0 aliphatic rings. The fraction of sp³-hybridized carbons (Fsp3) is 0.538. The maximum absolute atomic E-state index is 5.64. The molecule has 0 radical (unpaired) electrons. The van der Waals surface area contributed by atoms with Crippen molar-refractivity contribution in [1.29, 1.82) is 0 Å². The first-order chi connectivity index (χ1) is 8.17. The lowest BCUT2D eigenvalue weighted by atomic mass is 10.1. The summed E-state index contributed by atoms with van der Waals surface area (Å²) in [6.45, 7) is 4.87. The highest BCUT2D eigenvalue weighted by Gasteiger charge is 2.12. The minimum absolute atomic E-state index is 0.662. The number of aromatic nitrogens is 3. The Labute approximate surface area is 102 Å². The van der Waals surface area contributed by atoms with E-state index in [-0.39, 0.29) is 0 Å². The van der Waals surface area contributed by atoms with Gasteiger partial charge in [0.1, 0.15) is 11.5 Å². The Morgan fingerprint density at radius 1 is 1.29 bits per heavy atom. The highest BCUT2D eigenvalue weighted by Crippen LogP contribution is 2.22. The summed E-state index contributed by atoms with van der Waals surface area (Å²) in [5, 5.41) is 1.18. The molecule has 0 unspecified atom stereocenters. The lowest BCUT2D eigenvalue weighted by Crippen LogP contribution is -2.03. The molecule has 0 bridgehead atoms. The topological polar surface area (TPSA) is 56.7 Å². The van der Waals surface area contributed by atoms with E-state index in [4.69, 9.17) is 5.73 Å². The van der Waals surface area contributed by atoms with Crippen LogP contribution in [0.2, 0.25) is 0 Å². The van der Waals surface area contributed by atoms with Crippen molar-refractivity contribution in [3.05, 3.63) is 23.3 Å². The molecule has 0 saturated heterocycles. The Morgan fingerprint density at radius 3 is 2.71 bits per heavy atom. The van der Waals surface area contributed by atoms with E-state index in [0.29, 0.717) is 6.54 Å². The van der Waals surface area contributed by atoms with Gasteiger partial charge in [0, 0.05) is 25.1 Å². The van der Waals surface area contributed by atoms with Crippen LogP contribution in [0.1, 0.15) is 30.4 Å². The van der Waals surface area contributed by atoms with E-state index in [1.165, 1.54) is 10.9 Å². The quantitative estimate of drug-likeness (QED) is 0.873. The van der Waals surface area contributed by atoms with Gasteiger partial charge in [0.2, 0.25) is 0 Å². The molecule has 17 heavy (non-hydrogen) atoms. The summed E-state index contributed by atoms with van der Waals surface area (Å²) < 4.78 is 2.08. The zero-order valence-electron chi connectivity index (χ0n) is 10.8. The van der Waals surface area contributed by atoms with E-state index in [9.17, 15) is 0 Å². The molecule has 4 heteroatoms. The Bertz CT molecular complexity index is 528. The number of hydrogen-bond acceptors (Lipinski definition) is 3. The molecule has 2 N–H and O–H groups in total. The Morgan fingerprint density at radius 2 is 2.06 bits per heavy atom. The minimum atomic E-state index is 0.662. The molecule has 4 nitrogen and oxygen atoms in total. The van der Waals surface area contributed by atoms with E-state index in [1.54, 1.807) is 0 Å². The molecule has 2 aromatic rings. The summed E-state index contributed by atoms with van der Waals surface area (Å²) in [4.78, 5) is 9.22. The van der Waals surface area contributed by atoms with E-state index in [0.717, 1.165) is 36.4 Å². The van der Waals surface area contributed by atoms with E-state index in [1.807, 2.05) is 7.05 Å². The molecule has 2 rings (SSSR count). The normalized spacial score (nSPS) is 11.3. The maximum Gasteiger partial charge on any atom is 0.143 e. The van der Waals surface area contributed by atoms with E-state index >= 15 is 0 Å². The predicted octanol–water partition coefficient (Wildman–Crippen LogP) is 1.73. The number of fused-ring (bicyclic) bond motifs is 1. The molecule has 0 aliphatic carbocycles. The highest BCUT2D eigenvalue weighted by atomic mass is 15.0. The van der Waals surface area contributed by atoms with Gasteiger partial charge in [-0.25, -0.2) is 9.97 Å². The smallest absolute Gasteiger partial charge is 0.143 e. The first-order valence-electron chi connectivity index (χ1n) is 6.18. The Hall–Kier alpha value is -1.42. The summed E-state index contributed by atoms with van der Waals surface area (Å²) in [5.74, 6) is 0.943. The summed E-state index contributed by atoms with van der Waals surface area (Å²) in [5.41, 5.74) is 9.00. The third kappa shape index (κ3) is 2.17. The van der Waals surface area contributed by atoms with Gasteiger partial charge >= 0.3 is 0 Å². The fourth-order valence-electron chi connectivity index (χ4n) is 2.29. The van der Waals surface area contributed by atoms with Crippen LogP contribution in [0.15, 0.2) is 6.20 Å². The van der Waals surface area contributed by atoms with Crippen LogP contribution in [-0.4, -0.2) is 21.1 Å². The standard InChI is InChI=1S/C13H20N4/c1-4-5-11-15-9(2)12-10(6-7-14)8-17(3)13(12)16-11/h8H,4-7,14H2,1-3H3. The van der Waals surface area contributed by atoms with Crippen LogP contribution in [0, 0.1) is 6.92 Å². The lowest BCUT2D eigenvalue weighted by Gasteiger charge is -2.04. The SMILES string of the molecule is CCCc1nc(C)c2c(CCN)cn(C)c2n1. The van der Waals surface area contributed by atoms with Crippen molar-refractivity contribution < 1.29 is 0 Å². The summed E-state index contributed by atoms with van der Waals surface area (Å²) >= 11 is 0. The molecular formula is C13H20N4. The molecule has 0 saturated carbocycles. The molecular weight excluding hydrogens is 212 g/mol. The van der Waals surface area contributed by atoms with Crippen LogP contribution < -0.4 is 5.73 Å². The second-order valence-corrected chi connectivity index (χ2v) is 4.48. The third-order valence-electron chi connectivity index (χ3n) is 3.01. The van der Waals surface area contributed by atoms with Crippen LogP contribution in [0.5, 0.6) is 0 Å². The molecule has 0 spiro atoms. The van der Waals surface area contributed by atoms with Gasteiger partial charge in [-0.3, -0.25) is 0 Å². The molecule has 0 aliphatic heterocycles. The number of nitrogens with zero attached hydrogens (tertiary/aromatic N) is 3. The second-order valence-electron chi connectivity index (χ2n) is 4.48. The van der Waals surface area contributed by atoms with Crippen LogP contribution in [0.4, 0.5) is 0 Å². The van der Waals surface area contributed by atoms with Gasteiger partial charge in [-0.05, 0) is 31.9 Å². The van der Waals surface area contributed by atoms with Gasteiger partial charge in [0.25, 0.3) is 0 Å². The summed E-state index contributed by atoms with van der Waals surface area (Å²) in [7, 11) is 2.03. The van der Waals surface area contributed by atoms with Gasteiger partial charge in [-0.2, -0.15) is 0 Å². The van der Waals surface area contributed by atoms with Gasteiger partial charge in [0.05, 0.1) is 5.69 Å². The minimum Gasteiger partial charge on any atom is -0.335 e. The molecule has 2 aromatic heterocycles. The number of nitrogens with two attached hydrogens (primary N) is 1. The third-order valence-corrected chi connectivity index (χ3v) is 3.01. The first-order valence-corrected chi connectivity index (χ1v) is 6.18. The average molecular weight is 232 g/mol. The van der Waals surface area contributed by atoms with Crippen molar-refractivity contribution in [3.63, 3.8) is 0 Å². The van der Waals surface area contributed by atoms with Gasteiger partial charge in [0.15, 0.2) is 0 Å². The lowest BCUT2D eigenvalue weighted by molar-refractivity contribution is 0.824. The fourth-order valence-corrected chi connectivity index (χ4v) is 2.29. The number of rotatable bonds is 4. The molecule has 0 amide bonds. The van der Waals surface area contributed by atoms with Crippen LogP contribution in [0.3, 0.4) is 0 Å². The molecule has 0 fully saturated rings. The van der Waals surface area contributed by atoms with Crippen LogP contribution in [0.25, 0.3) is 11.0 Å². The Balaban J connectivity index is 2.60. The number of aryl methyl sites for hydroxylation is 3. The molecule has 92 valence electrons. The first kappa shape index (κ1) is 12.0. The van der Waals surface area contributed by atoms with Crippen molar-refractivity contribution in [2.75, 3.05) is 6.54 Å². The Kier molecular flexibility index (Phi) is 3.43. The van der Waals surface area contributed by atoms with Crippen LogP contribution in [-0.2, 0) is 19.9 Å². The predicted molar refractivity (Wildman–Crippen MR) is 70.0 cm³/mol. The van der Waals surface area contributed by atoms with Crippen molar-refractivity contribution in [2.24, 2.45) is 12.8 Å². The highest BCUT2D eigenvalue weighted by molar-refractivity contribution is 5.82. The van der Waals surface area contributed by atoms with Crippen molar-refractivity contribution >= 4 is 11.0 Å². The maximum atomic E-state index is 5.64. The average Bonchev–Trinajstić information content (AvgIpc) is 2.57. The van der Waals surface area contributed by atoms with Gasteiger partial charge in [-0.15, -0.1) is 0 Å². The number of hydrogen-bond donors (Lipinski definition) is 1. The molecule has 0 aromatic carbocycles. The monoisotopic (exact) mass is 232 g/mol. The van der Waals surface area contributed by atoms with Crippen molar-refractivity contribution in [1.82, 2.24) is 14.5 Å². The molecule has 0 atom stereocenters. The zero-order valence-corrected chi connectivity index (χ0v) is 10.8. The van der Waals surface area contributed by atoms with Crippen LogP contribution >= 0.6 is 0 Å². The summed E-state index contributed by atoms with van der Waals surface area (Å²) in [6.07, 6.45) is 5.02. The van der Waals surface area contributed by atoms with Gasteiger partial charge < -0.3 is 10.3 Å². The van der Waals surface area contributed by atoms with Crippen molar-refractivity contribution in [3.8, 4) is 0 Å². The largest absolute Gasteiger partial charge is 0.335 e. The van der Waals surface area contributed by atoms with Gasteiger partial charge in [-0.1, -0.05) is 6.92 Å².